The highest BCUT2D eigenvalue weighted by Crippen LogP contribution is 2.35. The number of benzene rings is 2. The zero-order chi connectivity index (χ0) is 24.6. The first-order valence-electron chi connectivity index (χ1n) is 11.3. The Morgan fingerprint density at radius 3 is 2.65 bits per heavy atom. The van der Waals surface area contributed by atoms with Gasteiger partial charge in [0.2, 0.25) is 11.8 Å². The fourth-order valence-corrected chi connectivity index (χ4v) is 4.79. The number of nitrogens with zero attached hydrogens (tertiary/aromatic N) is 1. The predicted molar refractivity (Wildman–Crippen MR) is 129 cm³/mol. The number of carbonyl (C=O) groups excluding carboxylic acids is 4. The van der Waals surface area contributed by atoms with Crippen LogP contribution in [0.5, 0.6) is 0 Å². The molecule has 1 unspecified atom stereocenters. The minimum absolute atomic E-state index is 0.0974. The van der Waals surface area contributed by atoms with Crippen LogP contribution in [-0.2, 0) is 22.7 Å². The van der Waals surface area contributed by atoms with Gasteiger partial charge in [-0.3, -0.25) is 19.7 Å². The molecule has 2 aromatic rings. The van der Waals surface area contributed by atoms with E-state index in [9.17, 15) is 19.2 Å². The maximum Gasteiger partial charge on any atom is 0.319 e. The molecule has 0 aromatic heterocycles. The van der Waals surface area contributed by atoms with Gasteiger partial charge in [-0.2, -0.15) is 0 Å². The number of urea groups is 1. The van der Waals surface area contributed by atoms with Crippen molar-refractivity contribution < 1.29 is 19.2 Å². The van der Waals surface area contributed by atoms with Gasteiger partial charge >= 0.3 is 6.03 Å². The topological polar surface area (TPSA) is 108 Å². The van der Waals surface area contributed by atoms with Crippen LogP contribution in [0.3, 0.4) is 0 Å². The Balaban J connectivity index is 1.51. The Hall–Kier alpha value is -3.39. The second-order valence-corrected chi connectivity index (χ2v) is 9.40. The van der Waals surface area contributed by atoms with Gasteiger partial charge in [0.05, 0.1) is 0 Å². The second-order valence-electron chi connectivity index (χ2n) is 8.99. The van der Waals surface area contributed by atoms with Crippen LogP contribution >= 0.6 is 11.6 Å². The van der Waals surface area contributed by atoms with Crippen LogP contribution < -0.4 is 16.0 Å². The summed E-state index contributed by atoms with van der Waals surface area (Å²) in [5.41, 5.74) is 4.85. The van der Waals surface area contributed by atoms with E-state index >= 15 is 0 Å². The fraction of sp³-hybridized carbons (Fsp3) is 0.360. The first-order valence-corrected chi connectivity index (χ1v) is 11.6. The van der Waals surface area contributed by atoms with Crippen molar-refractivity contribution in [1.29, 1.82) is 0 Å². The molecule has 0 bridgehead atoms. The summed E-state index contributed by atoms with van der Waals surface area (Å²) in [6.07, 6.45) is 0.531. The number of rotatable bonds is 5. The van der Waals surface area contributed by atoms with Crippen molar-refractivity contribution in [3.8, 4) is 0 Å². The smallest absolute Gasteiger partial charge is 0.319 e. The molecule has 2 aromatic carbocycles. The molecule has 0 aliphatic carbocycles. The molecule has 0 radical (unpaired) electrons. The van der Waals surface area contributed by atoms with E-state index in [1.54, 1.807) is 23.1 Å². The van der Waals surface area contributed by atoms with Gasteiger partial charge in [-0.15, -0.1) is 0 Å². The first kappa shape index (κ1) is 23.8. The van der Waals surface area contributed by atoms with Crippen molar-refractivity contribution in [2.45, 2.75) is 58.7 Å². The number of aryl methyl sites for hydroxylation is 1. The van der Waals surface area contributed by atoms with Gasteiger partial charge in [0, 0.05) is 35.8 Å². The summed E-state index contributed by atoms with van der Waals surface area (Å²) in [5.74, 6) is -0.855. The molecule has 1 saturated heterocycles. The molecule has 9 heteroatoms. The summed E-state index contributed by atoms with van der Waals surface area (Å²) in [7, 11) is 0. The van der Waals surface area contributed by atoms with E-state index in [4.69, 9.17) is 11.6 Å². The van der Waals surface area contributed by atoms with E-state index in [1.807, 2.05) is 32.9 Å². The molecular formula is C25H27ClN4O4. The Labute approximate surface area is 203 Å². The fourth-order valence-electron chi connectivity index (χ4n) is 4.61. The van der Waals surface area contributed by atoms with Crippen LogP contribution in [-0.4, -0.2) is 34.7 Å². The molecule has 2 heterocycles. The number of anilines is 1. The Morgan fingerprint density at radius 1 is 1.21 bits per heavy atom. The Bertz CT molecular complexity index is 1190. The summed E-state index contributed by atoms with van der Waals surface area (Å²) >= 11 is 6.13. The summed E-state index contributed by atoms with van der Waals surface area (Å²) in [5, 5.41) is 8.55. The third-order valence-corrected chi connectivity index (χ3v) is 6.71. The van der Waals surface area contributed by atoms with Crippen LogP contribution in [0.2, 0.25) is 5.02 Å². The van der Waals surface area contributed by atoms with Crippen LogP contribution in [0, 0.1) is 6.92 Å². The van der Waals surface area contributed by atoms with Crippen molar-refractivity contribution in [3.63, 3.8) is 0 Å². The standard InChI is InChI=1S/C25H27ClN4O4/c1-13(2)22-15(11-27-25(34)28-16-6-4-14(3)19(26)10-16)5-7-17-18(22)12-30(24(17)33)20-8-9-21(31)29-23(20)32/h4-7,10,13,20H,8-9,11-12H2,1-3H3,(H2,27,28,34)(H,29,31,32). The molecule has 1 atom stereocenters. The molecule has 0 spiro atoms. The lowest BCUT2D eigenvalue weighted by Crippen LogP contribution is -2.52. The van der Waals surface area contributed by atoms with Crippen molar-refractivity contribution in [1.82, 2.24) is 15.5 Å². The highest BCUT2D eigenvalue weighted by atomic mass is 35.5. The summed E-state index contributed by atoms with van der Waals surface area (Å²) in [6, 6.07) is 7.89. The normalized spacial score (nSPS) is 17.6. The molecule has 2 aliphatic heterocycles. The number of carbonyl (C=O) groups is 4. The van der Waals surface area contributed by atoms with Gasteiger partial charge in [-0.1, -0.05) is 37.6 Å². The highest BCUT2D eigenvalue weighted by Gasteiger charge is 2.40. The number of halogens is 1. The monoisotopic (exact) mass is 482 g/mol. The molecule has 3 N–H and O–H groups in total. The van der Waals surface area contributed by atoms with Crippen molar-refractivity contribution in [2.75, 3.05) is 5.32 Å². The molecule has 0 saturated carbocycles. The van der Waals surface area contributed by atoms with Crippen LogP contribution in [0.25, 0.3) is 0 Å². The minimum atomic E-state index is -0.661. The zero-order valence-corrected chi connectivity index (χ0v) is 20.1. The van der Waals surface area contributed by atoms with Crippen LogP contribution in [0.4, 0.5) is 10.5 Å². The lowest BCUT2D eigenvalue weighted by Gasteiger charge is -2.29. The van der Waals surface area contributed by atoms with Gasteiger partial charge in [0.15, 0.2) is 0 Å². The maximum atomic E-state index is 13.1. The van der Waals surface area contributed by atoms with Crippen LogP contribution in [0.15, 0.2) is 30.3 Å². The SMILES string of the molecule is Cc1ccc(NC(=O)NCc2ccc3c(c2C(C)C)CN(C2CCC(=O)NC2=O)C3=O)cc1Cl. The van der Waals surface area contributed by atoms with Gasteiger partial charge in [0.1, 0.15) is 6.04 Å². The van der Waals surface area contributed by atoms with Crippen molar-refractivity contribution in [3.05, 3.63) is 63.2 Å². The van der Waals surface area contributed by atoms with E-state index in [1.165, 1.54) is 0 Å². The molecule has 5 amide bonds. The zero-order valence-electron chi connectivity index (χ0n) is 19.3. The molecule has 4 rings (SSSR count). The number of imide groups is 1. The lowest BCUT2D eigenvalue weighted by atomic mass is 9.89. The number of amides is 5. The quantitative estimate of drug-likeness (QED) is 0.562. The molecule has 8 nitrogen and oxygen atoms in total. The van der Waals surface area contributed by atoms with Gasteiger partial charge < -0.3 is 15.5 Å². The van der Waals surface area contributed by atoms with Crippen LogP contribution in [0.1, 0.15) is 65.2 Å². The number of hydrogen-bond donors (Lipinski definition) is 3. The van der Waals surface area contributed by atoms with Gasteiger partial charge in [-0.05, 0) is 59.7 Å². The van der Waals surface area contributed by atoms with E-state index in [2.05, 4.69) is 16.0 Å². The predicted octanol–water partition coefficient (Wildman–Crippen LogP) is 3.85. The first-order chi connectivity index (χ1) is 16.2. The number of hydrogen-bond acceptors (Lipinski definition) is 4. The third kappa shape index (κ3) is 4.63. The Morgan fingerprint density at radius 2 is 1.97 bits per heavy atom. The maximum absolute atomic E-state index is 13.1. The summed E-state index contributed by atoms with van der Waals surface area (Å²) in [6.45, 7) is 6.54. The van der Waals surface area contributed by atoms with Crippen molar-refractivity contribution >= 4 is 41.0 Å². The van der Waals surface area contributed by atoms with Gasteiger partial charge in [0.25, 0.3) is 5.91 Å². The Kier molecular flexibility index (Phi) is 6.61. The summed E-state index contributed by atoms with van der Waals surface area (Å²) in [4.78, 5) is 51.0. The molecular weight excluding hydrogens is 456 g/mol. The van der Waals surface area contributed by atoms with Gasteiger partial charge in [-0.25, -0.2) is 4.79 Å². The number of fused-ring (bicyclic) bond motifs is 1. The lowest BCUT2D eigenvalue weighted by molar-refractivity contribution is -0.136. The minimum Gasteiger partial charge on any atom is -0.334 e. The second kappa shape index (κ2) is 9.46. The highest BCUT2D eigenvalue weighted by molar-refractivity contribution is 6.31. The average molecular weight is 483 g/mol. The average Bonchev–Trinajstić information content (AvgIpc) is 3.10. The van der Waals surface area contributed by atoms with Crippen molar-refractivity contribution in [2.24, 2.45) is 0 Å². The van der Waals surface area contributed by atoms with E-state index in [0.717, 1.165) is 22.3 Å². The molecule has 178 valence electrons. The number of nitrogens with one attached hydrogen (secondary N) is 3. The molecule has 2 aliphatic rings. The third-order valence-electron chi connectivity index (χ3n) is 6.30. The van der Waals surface area contributed by atoms with E-state index < -0.39 is 11.9 Å². The molecule has 1 fully saturated rings. The molecule has 34 heavy (non-hydrogen) atoms. The van der Waals surface area contributed by atoms with E-state index in [-0.39, 0.29) is 36.7 Å². The van der Waals surface area contributed by atoms with E-state index in [0.29, 0.717) is 29.2 Å². The number of piperidine rings is 1. The largest absolute Gasteiger partial charge is 0.334 e. The summed E-state index contributed by atoms with van der Waals surface area (Å²) < 4.78 is 0.